The second-order valence-electron chi connectivity index (χ2n) is 8.76. The number of ether oxygens (including phenoxy) is 2. The summed E-state index contributed by atoms with van der Waals surface area (Å²) in [4.78, 5) is 14.0. The summed E-state index contributed by atoms with van der Waals surface area (Å²) in [5.41, 5.74) is 0.930. The average molecular weight is 360 g/mol. The zero-order chi connectivity index (χ0) is 18.6. The number of benzene rings is 1. The molecule has 1 saturated heterocycles. The summed E-state index contributed by atoms with van der Waals surface area (Å²) in [6.07, 6.45) is 7.33. The van der Waals surface area contributed by atoms with E-state index in [-0.39, 0.29) is 6.09 Å². The fourth-order valence-corrected chi connectivity index (χ4v) is 4.03. The number of carbonyl (C=O) groups excluding carboxylic acids is 1. The predicted molar refractivity (Wildman–Crippen MR) is 104 cm³/mol. The predicted octanol–water partition coefficient (Wildman–Crippen LogP) is 5.37. The van der Waals surface area contributed by atoms with E-state index in [9.17, 15) is 4.79 Å². The Morgan fingerprint density at radius 1 is 1.12 bits per heavy atom. The highest BCUT2D eigenvalue weighted by molar-refractivity contribution is 5.68. The van der Waals surface area contributed by atoms with Gasteiger partial charge in [0.25, 0.3) is 0 Å². The van der Waals surface area contributed by atoms with Crippen LogP contribution in [-0.4, -0.2) is 36.3 Å². The van der Waals surface area contributed by atoms with E-state index >= 15 is 0 Å². The molecular formula is C22H33NO3. The molecule has 1 aliphatic carbocycles. The average Bonchev–Trinajstić information content (AvgIpc) is 3.09. The summed E-state index contributed by atoms with van der Waals surface area (Å²) in [5, 5.41) is 0. The van der Waals surface area contributed by atoms with Gasteiger partial charge in [-0.3, -0.25) is 0 Å². The van der Waals surface area contributed by atoms with Crippen LogP contribution in [-0.2, 0) is 4.74 Å². The van der Waals surface area contributed by atoms with Gasteiger partial charge >= 0.3 is 6.09 Å². The number of para-hydroxylation sites is 1. The molecule has 2 aliphatic rings. The monoisotopic (exact) mass is 359 g/mol. The number of likely N-dealkylation sites (tertiary alicyclic amines) is 1. The first-order chi connectivity index (χ1) is 12.4. The zero-order valence-corrected chi connectivity index (χ0v) is 16.5. The summed E-state index contributed by atoms with van der Waals surface area (Å²) >= 11 is 0. The van der Waals surface area contributed by atoms with E-state index < -0.39 is 5.60 Å². The lowest BCUT2D eigenvalue weighted by molar-refractivity contribution is 0.0284. The van der Waals surface area contributed by atoms with Crippen LogP contribution in [0.2, 0.25) is 0 Å². The van der Waals surface area contributed by atoms with Crippen molar-refractivity contribution in [1.29, 1.82) is 0 Å². The normalized spacial score (nSPS) is 21.7. The molecule has 3 rings (SSSR count). The van der Waals surface area contributed by atoms with Crippen LogP contribution in [0.5, 0.6) is 5.75 Å². The lowest BCUT2D eigenvalue weighted by Crippen LogP contribution is -2.35. The van der Waals surface area contributed by atoms with Gasteiger partial charge in [-0.2, -0.15) is 0 Å². The van der Waals surface area contributed by atoms with Crippen molar-refractivity contribution in [3.05, 3.63) is 29.8 Å². The molecular weight excluding hydrogens is 326 g/mol. The van der Waals surface area contributed by atoms with Gasteiger partial charge in [-0.1, -0.05) is 37.5 Å². The summed E-state index contributed by atoms with van der Waals surface area (Å²) in [6.45, 7) is 7.87. The maximum atomic E-state index is 12.2. The fourth-order valence-electron chi connectivity index (χ4n) is 4.03. The van der Waals surface area contributed by atoms with Gasteiger partial charge in [0, 0.05) is 19.0 Å². The largest absolute Gasteiger partial charge is 0.493 e. The quantitative estimate of drug-likeness (QED) is 0.725. The van der Waals surface area contributed by atoms with Crippen molar-refractivity contribution < 1.29 is 14.3 Å². The van der Waals surface area contributed by atoms with Crippen molar-refractivity contribution >= 4 is 6.09 Å². The zero-order valence-electron chi connectivity index (χ0n) is 16.5. The molecule has 4 nitrogen and oxygen atoms in total. The molecule has 26 heavy (non-hydrogen) atoms. The van der Waals surface area contributed by atoms with Crippen molar-refractivity contribution in [3.8, 4) is 5.75 Å². The highest BCUT2D eigenvalue weighted by Gasteiger charge is 2.30. The van der Waals surface area contributed by atoms with Crippen LogP contribution in [0.3, 0.4) is 0 Å². The second kappa shape index (κ2) is 8.32. The van der Waals surface area contributed by atoms with Crippen molar-refractivity contribution in [2.45, 2.75) is 70.8 Å². The molecule has 1 aromatic rings. The molecule has 4 heteroatoms. The Labute approximate surface area is 157 Å². The van der Waals surface area contributed by atoms with Crippen LogP contribution in [0.25, 0.3) is 0 Å². The van der Waals surface area contributed by atoms with Gasteiger partial charge in [0.15, 0.2) is 0 Å². The minimum absolute atomic E-state index is 0.206. The number of hydrogen-bond donors (Lipinski definition) is 0. The molecule has 0 N–H and O–H groups in total. The highest BCUT2D eigenvalue weighted by atomic mass is 16.6. The van der Waals surface area contributed by atoms with Gasteiger partial charge in [0.1, 0.15) is 11.4 Å². The third-order valence-corrected chi connectivity index (χ3v) is 5.38. The summed E-state index contributed by atoms with van der Waals surface area (Å²) < 4.78 is 11.7. The molecule has 1 saturated carbocycles. The van der Waals surface area contributed by atoms with Gasteiger partial charge in [0.05, 0.1) is 6.61 Å². The Bertz CT molecular complexity index is 602. The van der Waals surface area contributed by atoms with Crippen LogP contribution in [0.15, 0.2) is 24.3 Å². The molecule has 1 aliphatic heterocycles. The SMILES string of the molecule is CC(C)(C)OC(=O)N1CCC(COc2ccccc2C2CCCCC2)C1. The lowest BCUT2D eigenvalue weighted by atomic mass is 9.84. The standard InChI is InChI=1S/C22H33NO3/c1-22(2,3)26-21(24)23-14-13-17(15-23)16-25-20-12-8-7-11-19(20)18-9-5-4-6-10-18/h7-8,11-12,17-18H,4-6,9-10,13-16H2,1-3H3. The van der Waals surface area contributed by atoms with E-state index in [0.29, 0.717) is 18.4 Å². The minimum Gasteiger partial charge on any atom is -0.493 e. The number of carbonyl (C=O) groups is 1. The van der Waals surface area contributed by atoms with E-state index in [1.807, 2.05) is 25.7 Å². The van der Waals surface area contributed by atoms with E-state index in [4.69, 9.17) is 9.47 Å². The Balaban J connectivity index is 1.53. The lowest BCUT2D eigenvalue weighted by Gasteiger charge is -2.25. The molecule has 1 atom stereocenters. The molecule has 144 valence electrons. The number of rotatable bonds is 4. The Morgan fingerprint density at radius 3 is 2.58 bits per heavy atom. The van der Waals surface area contributed by atoms with Gasteiger partial charge in [-0.05, 0) is 57.6 Å². The summed E-state index contributed by atoms with van der Waals surface area (Å²) in [7, 11) is 0. The molecule has 0 bridgehead atoms. The third kappa shape index (κ3) is 5.15. The summed E-state index contributed by atoms with van der Waals surface area (Å²) in [6, 6.07) is 8.51. The molecule has 0 spiro atoms. The molecule has 2 fully saturated rings. The molecule has 1 aromatic carbocycles. The number of hydrogen-bond acceptors (Lipinski definition) is 3. The van der Waals surface area contributed by atoms with E-state index in [1.165, 1.54) is 37.7 Å². The van der Waals surface area contributed by atoms with Gasteiger partial charge < -0.3 is 14.4 Å². The Morgan fingerprint density at radius 2 is 1.85 bits per heavy atom. The Hall–Kier alpha value is -1.71. The van der Waals surface area contributed by atoms with Gasteiger partial charge in [-0.15, -0.1) is 0 Å². The van der Waals surface area contributed by atoms with E-state index in [0.717, 1.165) is 25.3 Å². The molecule has 1 unspecified atom stereocenters. The summed E-state index contributed by atoms with van der Waals surface area (Å²) in [5.74, 6) is 2.05. The van der Waals surface area contributed by atoms with Crippen molar-refractivity contribution in [1.82, 2.24) is 4.90 Å². The maximum Gasteiger partial charge on any atom is 0.410 e. The van der Waals surface area contributed by atoms with Crippen LogP contribution < -0.4 is 4.74 Å². The minimum atomic E-state index is -0.440. The van der Waals surface area contributed by atoms with E-state index in [1.54, 1.807) is 0 Å². The fraction of sp³-hybridized carbons (Fsp3) is 0.682. The first-order valence-corrected chi connectivity index (χ1v) is 10.1. The Kier molecular flexibility index (Phi) is 6.10. The van der Waals surface area contributed by atoms with Crippen LogP contribution in [0.1, 0.15) is 70.8 Å². The molecule has 1 heterocycles. The number of nitrogens with zero attached hydrogens (tertiary/aromatic N) is 1. The van der Waals surface area contributed by atoms with Gasteiger partial charge in [0.2, 0.25) is 0 Å². The van der Waals surface area contributed by atoms with Gasteiger partial charge in [-0.25, -0.2) is 4.79 Å². The molecule has 0 aromatic heterocycles. The third-order valence-electron chi connectivity index (χ3n) is 5.38. The van der Waals surface area contributed by atoms with Crippen molar-refractivity contribution in [2.24, 2.45) is 5.92 Å². The van der Waals surface area contributed by atoms with Crippen LogP contribution in [0.4, 0.5) is 4.79 Å². The first kappa shape index (κ1) is 19.1. The van der Waals surface area contributed by atoms with Crippen LogP contribution in [0, 0.1) is 5.92 Å². The number of amides is 1. The first-order valence-electron chi connectivity index (χ1n) is 10.1. The maximum absolute atomic E-state index is 12.2. The smallest absolute Gasteiger partial charge is 0.410 e. The molecule has 1 amide bonds. The van der Waals surface area contributed by atoms with E-state index in [2.05, 4.69) is 24.3 Å². The van der Waals surface area contributed by atoms with Crippen molar-refractivity contribution in [2.75, 3.05) is 19.7 Å². The molecule has 0 radical (unpaired) electrons. The second-order valence-corrected chi connectivity index (χ2v) is 8.76. The topological polar surface area (TPSA) is 38.8 Å². The highest BCUT2D eigenvalue weighted by Crippen LogP contribution is 2.37. The van der Waals surface area contributed by atoms with Crippen LogP contribution >= 0.6 is 0 Å². The van der Waals surface area contributed by atoms with Crippen molar-refractivity contribution in [3.63, 3.8) is 0 Å².